The molecule has 0 saturated heterocycles. The Kier molecular flexibility index (Phi) is 5.55. The summed E-state index contributed by atoms with van der Waals surface area (Å²) in [5.74, 6) is 0.00256. The molecular formula is C15H23N3O2. The van der Waals surface area contributed by atoms with Gasteiger partial charge in [-0.3, -0.25) is 4.79 Å². The average molecular weight is 277 g/mol. The molecule has 5 nitrogen and oxygen atoms in total. The van der Waals surface area contributed by atoms with E-state index in [9.17, 15) is 9.59 Å². The highest BCUT2D eigenvalue weighted by atomic mass is 16.2. The summed E-state index contributed by atoms with van der Waals surface area (Å²) < 4.78 is 0. The predicted octanol–water partition coefficient (Wildman–Crippen LogP) is 2.46. The van der Waals surface area contributed by atoms with Gasteiger partial charge in [-0.15, -0.1) is 0 Å². The lowest BCUT2D eigenvalue weighted by molar-refractivity contribution is -0.133. The van der Waals surface area contributed by atoms with Crippen LogP contribution in [0.3, 0.4) is 0 Å². The summed E-state index contributed by atoms with van der Waals surface area (Å²) >= 11 is 0. The molecule has 0 aliphatic carbocycles. The van der Waals surface area contributed by atoms with Gasteiger partial charge < -0.3 is 15.5 Å². The largest absolute Gasteiger partial charge is 0.336 e. The van der Waals surface area contributed by atoms with E-state index in [4.69, 9.17) is 0 Å². The Morgan fingerprint density at radius 1 is 1.15 bits per heavy atom. The highest BCUT2D eigenvalue weighted by molar-refractivity contribution is 5.89. The van der Waals surface area contributed by atoms with Crippen LogP contribution in [-0.2, 0) is 4.79 Å². The molecule has 0 fully saturated rings. The van der Waals surface area contributed by atoms with Gasteiger partial charge in [0.1, 0.15) is 0 Å². The minimum absolute atomic E-state index is 0.00256. The third kappa shape index (κ3) is 5.30. The number of benzene rings is 1. The molecule has 1 aromatic carbocycles. The van der Waals surface area contributed by atoms with Gasteiger partial charge in [-0.25, -0.2) is 4.79 Å². The molecule has 0 atom stereocenters. The molecule has 3 amide bonds. The van der Waals surface area contributed by atoms with Gasteiger partial charge in [0.05, 0.1) is 0 Å². The van der Waals surface area contributed by atoms with Crippen molar-refractivity contribution in [2.75, 3.05) is 18.4 Å². The van der Waals surface area contributed by atoms with E-state index in [1.807, 2.05) is 51.1 Å². The van der Waals surface area contributed by atoms with Gasteiger partial charge in [-0.2, -0.15) is 0 Å². The second-order valence-corrected chi connectivity index (χ2v) is 5.59. The van der Waals surface area contributed by atoms with Crippen molar-refractivity contribution >= 4 is 17.6 Å². The maximum Gasteiger partial charge on any atom is 0.319 e. The van der Waals surface area contributed by atoms with Gasteiger partial charge in [0.15, 0.2) is 0 Å². The predicted molar refractivity (Wildman–Crippen MR) is 80.6 cm³/mol. The van der Waals surface area contributed by atoms with Gasteiger partial charge in [-0.1, -0.05) is 18.2 Å². The zero-order chi connectivity index (χ0) is 15.2. The topological polar surface area (TPSA) is 61.4 Å². The number of anilines is 1. The molecular weight excluding hydrogens is 254 g/mol. The first kappa shape index (κ1) is 16.0. The summed E-state index contributed by atoms with van der Waals surface area (Å²) in [5, 5.41) is 5.47. The van der Waals surface area contributed by atoms with Gasteiger partial charge in [-0.05, 0) is 32.9 Å². The number of carbonyl (C=O) groups is 2. The minimum atomic E-state index is -0.270. The van der Waals surface area contributed by atoms with Crippen LogP contribution in [0.5, 0.6) is 0 Å². The lowest BCUT2D eigenvalue weighted by Gasteiger charge is -2.35. The second kappa shape index (κ2) is 6.93. The van der Waals surface area contributed by atoms with Crippen LogP contribution in [0.15, 0.2) is 30.3 Å². The van der Waals surface area contributed by atoms with Gasteiger partial charge in [0.2, 0.25) is 5.91 Å². The Bertz CT molecular complexity index is 452. The van der Waals surface area contributed by atoms with E-state index in [0.29, 0.717) is 13.1 Å². The zero-order valence-corrected chi connectivity index (χ0v) is 12.6. The van der Waals surface area contributed by atoms with Crippen LogP contribution in [0.25, 0.3) is 0 Å². The van der Waals surface area contributed by atoms with Gasteiger partial charge in [0, 0.05) is 31.2 Å². The van der Waals surface area contributed by atoms with E-state index in [1.54, 1.807) is 4.90 Å². The highest BCUT2D eigenvalue weighted by Crippen LogP contribution is 2.12. The summed E-state index contributed by atoms with van der Waals surface area (Å²) in [6, 6.07) is 8.96. The number of nitrogens with one attached hydrogen (secondary N) is 2. The molecule has 0 heterocycles. The van der Waals surface area contributed by atoms with Gasteiger partial charge in [0.25, 0.3) is 0 Å². The molecule has 0 aromatic heterocycles. The monoisotopic (exact) mass is 277 g/mol. The lowest BCUT2D eigenvalue weighted by atomic mass is 10.1. The molecule has 0 spiro atoms. The maximum absolute atomic E-state index is 11.7. The van der Waals surface area contributed by atoms with Crippen LogP contribution >= 0.6 is 0 Å². The Labute approximate surface area is 120 Å². The Morgan fingerprint density at radius 2 is 1.75 bits per heavy atom. The molecule has 0 saturated carbocycles. The van der Waals surface area contributed by atoms with Crippen molar-refractivity contribution < 1.29 is 9.59 Å². The van der Waals surface area contributed by atoms with E-state index in [0.717, 1.165) is 5.69 Å². The van der Waals surface area contributed by atoms with Crippen LogP contribution < -0.4 is 10.6 Å². The number of hydrogen-bond acceptors (Lipinski definition) is 2. The number of rotatable bonds is 4. The van der Waals surface area contributed by atoms with Crippen molar-refractivity contribution in [2.45, 2.75) is 33.2 Å². The van der Waals surface area contributed by atoms with Crippen LogP contribution in [-0.4, -0.2) is 35.5 Å². The van der Waals surface area contributed by atoms with Crippen LogP contribution in [0.1, 0.15) is 27.7 Å². The molecule has 110 valence electrons. The Balaban J connectivity index is 2.40. The molecule has 0 aliphatic rings. The summed E-state index contributed by atoms with van der Waals surface area (Å²) in [6.45, 7) is 8.35. The third-order valence-electron chi connectivity index (χ3n) is 2.84. The molecule has 0 aliphatic heterocycles. The molecule has 20 heavy (non-hydrogen) atoms. The first-order chi connectivity index (χ1) is 9.30. The number of carbonyl (C=O) groups excluding carboxylic acids is 2. The molecule has 2 N–H and O–H groups in total. The third-order valence-corrected chi connectivity index (χ3v) is 2.84. The summed E-state index contributed by atoms with van der Waals surface area (Å²) in [6.07, 6.45) is 0. The van der Waals surface area contributed by atoms with Crippen LogP contribution in [0.2, 0.25) is 0 Å². The highest BCUT2D eigenvalue weighted by Gasteiger charge is 2.23. The Hall–Kier alpha value is -2.04. The van der Waals surface area contributed by atoms with E-state index in [1.165, 1.54) is 6.92 Å². The van der Waals surface area contributed by atoms with Crippen molar-refractivity contribution in [3.63, 3.8) is 0 Å². The average Bonchev–Trinajstić information content (AvgIpc) is 2.33. The fraction of sp³-hybridized carbons (Fsp3) is 0.467. The van der Waals surface area contributed by atoms with Gasteiger partial charge >= 0.3 is 6.03 Å². The summed E-state index contributed by atoms with van der Waals surface area (Å²) in [5.41, 5.74) is 0.493. The first-order valence-corrected chi connectivity index (χ1v) is 6.69. The summed E-state index contributed by atoms with van der Waals surface area (Å²) in [7, 11) is 0. The van der Waals surface area contributed by atoms with E-state index in [2.05, 4.69) is 10.6 Å². The fourth-order valence-electron chi connectivity index (χ4n) is 1.94. The fourth-order valence-corrected chi connectivity index (χ4v) is 1.94. The quantitative estimate of drug-likeness (QED) is 0.888. The molecule has 1 aromatic rings. The SMILES string of the molecule is CC(=O)N(CCNC(=O)Nc1ccccc1)C(C)(C)C. The van der Waals surface area contributed by atoms with Crippen molar-refractivity contribution in [3.8, 4) is 0 Å². The molecule has 0 radical (unpaired) electrons. The number of hydrogen-bond donors (Lipinski definition) is 2. The van der Waals surface area contributed by atoms with Crippen LogP contribution in [0, 0.1) is 0 Å². The first-order valence-electron chi connectivity index (χ1n) is 6.69. The molecule has 5 heteroatoms. The molecule has 0 bridgehead atoms. The van der Waals surface area contributed by atoms with E-state index in [-0.39, 0.29) is 17.5 Å². The van der Waals surface area contributed by atoms with E-state index < -0.39 is 0 Å². The zero-order valence-electron chi connectivity index (χ0n) is 12.6. The number of amides is 3. The van der Waals surface area contributed by atoms with Crippen molar-refractivity contribution in [1.82, 2.24) is 10.2 Å². The number of urea groups is 1. The Morgan fingerprint density at radius 3 is 2.25 bits per heavy atom. The smallest absolute Gasteiger partial charge is 0.319 e. The van der Waals surface area contributed by atoms with Crippen molar-refractivity contribution in [3.05, 3.63) is 30.3 Å². The molecule has 1 rings (SSSR count). The normalized spacial score (nSPS) is 10.8. The lowest BCUT2D eigenvalue weighted by Crippen LogP contribution is -2.48. The number of nitrogens with zero attached hydrogens (tertiary/aromatic N) is 1. The minimum Gasteiger partial charge on any atom is -0.336 e. The molecule has 0 unspecified atom stereocenters. The van der Waals surface area contributed by atoms with E-state index >= 15 is 0 Å². The second-order valence-electron chi connectivity index (χ2n) is 5.59. The summed E-state index contributed by atoms with van der Waals surface area (Å²) in [4.78, 5) is 25.0. The standard InChI is InChI=1S/C15H23N3O2/c1-12(19)18(15(2,3)4)11-10-16-14(20)17-13-8-6-5-7-9-13/h5-9H,10-11H2,1-4H3,(H2,16,17,20). The van der Waals surface area contributed by atoms with Crippen molar-refractivity contribution in [2.24, 2.45) is 0 Å². The van der Waals surface area contributed by atoms with Crippen LogP contribution in [0.4, 0.5) is 10.5 Å². The number of para-hydroxylation sites is 1. The van der Waals surface area contributed by atoms with Crippen molar-refractivity contribution in [1.29, 1.82) is 0 Å². The maximum atomic E-state index is 11.7.